The molecule has 0 aliphatic heterocycles. The highest BCUT2D eigenvalue weighted by Gasteiger charge is 2.39. The predicted octanol–water partition coefficient (Wildman–Crippen LogP) is 4.43. The number of rotatable bonds is 12. The number of ether oxygens (including phenoxy) is 2. The molecule has 3 N–H and O–H groups in total. The fraction of sp³-hybridized carbons (Fsp3) is 0.577. The van der Waals surface area contributed by atoms with E-state index in [1.165, 1.54) is 18.2 Å². The molecule has 0 spiro atoms. The van der Waals surface area contributed by atoms with Crippen molar-refractivity contribution in [2.75, 3.05) is 6.61 Å². The van der Waals surface area contributed by atoms with Gasteiger partial charge in [-0.15, -0.1) is 0 Å². The van der Waals surface area contributed by atoms with Crippen LogP contribution in [0, 0.1) is 11.8 Å². The van der Waals surface area contributed by atoms with Crippen LogP contribution in [0.15, 0.2) is 48.6 Å². The van der Waals surface area contributed by atoms with Gasteiger partial charge < -0.3 is 24.8 Å². The van der Waals surface area contributed by atoms with Crippen LogP contribution in [0.5, 0.6) is 5.75 Å². The van der Waals surface area contributed by atoms with Crippen LogP contribution in [0.1, 0.15) is 51.5 Å². The first kappa shape index (κ1) is 28.9. The van der Waals surface area contributed by atoms with Crippen molar-refractivity contribution in [2.24, 2.45) is 11.8 Å². The maximum Gasteiger partial charge on any atom is 0.416 e. The van der Waals surface area contributed by atoms with E-state index in [2.05, 4.69) is 0 Å². The molecule has 5 atom stereocenters. The number of unbranched alkanes of at least 4 members (excludes halogenated alkanes) is 1. The normalized spacial score (nSPS) is 23.9. The Morgan fingerprint density at radius 1 is 1.20 bits per heavy atom. The van der Waals surface area contributed by atoms with Crippen LogP contribution in [-0.4, -0.2) is 52.3 Å². The molecule has 2 rings (SSSR count). The molecule has 1 aliphatic rings. The van der Waals surface area contributed by atoms with Crippen molar-refractivity contribution in [1.29, 1.82) is 0 Å². The summed E-state index contributed by atoms with van der Waals surface area (Å²) in [6, 6.07) is 4.40. The Balaban J connectivity index is 1.82. The molecule has 0 amide bonds. The van der Waals surface area contributed by atoms with Gasteiger partial charge in [0.25, 0.3) is 0 Å². The van der Waals surface area contributed by atoms with Crippen LogP contribution < -0.4 is 4.74 Å². The van der Waals surface area contributed by atoms with E-state index in [0.29, 0.717) is 25.7 Å². The number of benzene rings is 1. The molecule has 196 valence electrons. The minimum atomic E-state index is -4.49. The lowest BCUT2D eigenvalue weighted by Crippen LogP contribution is -2.21. The Kier molecular flexibility index (Phi) is 11.3. The van der Waals surface area contributed by atoms with Crippen molar-refractivity contribution in [3.63, 3.8) is 0 Å². The highest BCUT2D eigenvalue weighted by Crippen LogP contribution is 2.36. The number of aliphatic hydroxyl groups is 3. The van der Waals surface area contributed by atoms with Gasteiger partial charge >= 0.3 is 12.1 Å². The third kappa shape index (κ3) is 10.0. The van der Waals surface area contributed by atoms with E-state index < -0.39 is 30.1 Å². The molecule has 0 heterocycles. The molecule has 6 nitrogen and oxygen atoms in total. The van der Waals surface area contributed by atoms with E-state index in [-0.39, 0.29) is 42.7 Å². The molecule has 1 aromatic carbocycles. The van der Waals surface area contributed by atoms with Gasteiger partial charge in [0.2, 0.25) is 0 Å². The summed E-state index contributed by atoms with van der Waals surface area (Å²) < 4.78 is 48.8. The van der Waals surface area contributed by atoms with Gasteiger partial charge in [-0.05, 0) is 57.2 Å². The Hall–Kier alpha value is -2.36. The van der Waals surface area contributed by atoms with Crippen LogP contribution in [0.25, 0.3) is 0 Å². The number of esters is 1. The van der Waals surface area contributed by atoms with Crippen LogP contribution in [0.4, 0.5) is 13.2 Å². The Bertz CT molecular complexity index is 852. The molecule has 0 aromatic heterocycles. The topological polar surface area (TPSA) is 96.2 Å². The Morgan fingerprint density at radius 2 is 1.94 bits per heavy atom. The monoisotopic (exact) mass is 500 g/mol. The molecule has 35 heavy (non-hydrogen) atoms. The fourth-order valence-corrected chi connectivity index (χ4v) is 4.02. The number of allylic oxidation sites excluding steroid dienone is 2. The zero-order valence-electron chi connectivity index (χ0n) is 20.0. The van der Waals surface area contributed by atoms with Crippen LogP contribution >= 0.6 is 0 Å². The number of halogens is 3. The molecular formula is C26H35F3O6. The van der Waals surface area contributed by atoms with Crippen molar-refractivity contribution in [1.82, 2.24) is 0 Å². The second-order valence-electron chi connectivity index (χ2n) is 9.04. The van der Waals surface area contributed by atoms with Crippen LogP contribution in [-0.2, 0) is 15.7 Å². The zero-order valence-corrected chi connectivity index (χ0v) is 20.0. The SMILES string of the molecule is CC(C)OC(=O)CCC/C=C\C[C@@H]1[C@H](/C=C/[C@@H](O)COc2cccc(C(F)(F)F)c2)[C@H](O)C[C@@H]1O. The van der Waals surface area contributed by atoms with Crippen molar-refractivity contribution < 1.29 is 42.8 Å². The number of carbonyl (C=O) groups is 1. The summed E-state index contributed by atoms with van der Waals surface area (Å²) in [5.74, 6) is -0.883. The van der Waals surface area contributed by atoms with Crippen LogP contribution in [0.3, 0.4) is 0 Å². The van der Waals surface area contributed by atoms with Crippen molar-refractivity contribution in [3.05, 3.63) is 54.1 Å². The second-order valence-corrected chi connectivity index (χ2v) is 9.04. The summed E-state index contributed by atoms with van der Waals surface area (Å²) in [5, 5.41) is 30.8. The highest BCUT2D eigenvalue weighted by molar-refractivity contribution is 5.69. The second kappa shape index (κ2) is 13.7. The average Bonchev–Trinajstić information content (AvgIpc) is 3.04. The molecule has 0 bridgehead atoms. The summed E-state index contributed by atoms with van der Waals surface area (Å²) in [5.41, 5.74) is -0.838. The largest absolute Gasteiger partial charge is 0.491 e. The summed E-state index contributed by atoms with van der Waals surface area (Å²) in [4.78, 5) is 11.5. The Morgan fingerprint density at radius 3 is 2.63 bits per heavy atom. The maximum absolute atomic E-state index is 12.8. The first-order valence-corrected chi connectivity index (χ1v) is 11.8. The molecule has 0 saturated heterocycles. The number of aliphatic hydroxyl groups excluding tert-OH is 3. The van der Waals surface area contributed by atoms with E-state index in [1.807, 2.05) is 12.2 Å². The predicted molar refractivity (Wildman–Crippen MR) is 125 cm³/mol. The fourth-order valence-electron chi connectivity index (χ4n) is 4.02. The van der Waals surface area contributed by atoms with Gasteiger partial charge in [-0.25, -0.2) is 0 Å². The molecular weight excluding hydrogens is 465 g/mol. The van der Waals surface area contributed by atoms with E-state index in [0.717, 1.165) is 12.1 Å². The Labute approximate surface area is 204 Å². The quantitative estimate of drug-likeness (QED) is 0.223. The number of carbonyl (C=O) groups excluding carboxylic acids is 1. The van der Waals surface area contributed by atoms with Gasteiger partial charge in [0.05, 0.1) is 23.9 Å². The van der Waals surface area contributed by atoms with E-state index in [4.69, 9.17) is 9.47 Å². The lowest BCUT2D eigenvalue weighted by Gasteiger charge is -2.19. The van der Waals surface area contributed by atoms with Gasteiger partial charge in [-0.2, -0.15) is 13.2 Å². The summed E-state index contributed by atoms with van der Waals surface area (Å²) in [6.07, 6.45) is 2.09. The third-order valence-electron chi connectivity index (χ3n) is 5.75. The van der Waals surface area contributed by atoms with Gasteiger partial charge in [0.15, 0.2) is 0 Å². The summed E-state index contributed by atoms with van der Waals surface area (Å²) in [6.45, 7) is 3.34. The summed E-state index contributed by atoms with van der Waals surface area (Å²) >= 11 is 0. The highest BCUT2D eigenvalue weighted by atomic mass is 19.4. The van der Waals surface area contributed by atoms with Gasteiger partial charge in [0.1, 0.15) is 18.5 Å². The number of hydrogen-bond acceptors (Lipinski definition) is 6. The van der Waals surface area contributed by atoms with E-state index in [1.54, 1.807) is 19.9 Å². The molecule has 1 aliphatic carbocycles. The molecule has 0 radical (unpaired) electrons. The zero-order chi connectivity index (χ0) is 26.0. The lowest BCUT2D eigenvalue weighted by molar-refractivity contribution is -0.147. The molecule has 1 fully saturated rings. The first-order chi connectivity index (χ1) is 16.5. The van der Waals surface area contributed by atoms with Crippen molar-refractivity contribution >= 4 is 5.97 Å². The minimum Gasteiger partial charge on any atom is -0.491 e. The van der Waals surface area contributed by atoms with E-state index >= 15 is 0 Å². The number of alkyl halides is 3. The standard InChI is InChI=1S/C26H35F3O6/c1-17(2)35-25(33)11-6-4-3-5-10-21-22(24(32)15-23(21)31)13-12-19(30)16-34-20-9-7-8-18(14-20)26(27,28)29/h3,5,7-9,12-14,17,19,21-24,30-32H,4,6,10-11,15-16H2,1-2H3/b5-3-,13-12+/t19-,21-,22+,23+,24-/m1/s1. The number of hydrogen-bond donors (Lipinski definition) is 3. The maximum atomic E-state index is 12.8. The van der Waals surface area contributed by atoms with Crippen molar-refractivity contribution in [3.8, 4) is 5.75 Å². The van der Waals surface area contributed by atoms with E-state index in [9.17, 15) is 33.3 Å². The molecule has 9 heteroatoms. The van der Waals surface area contributed by atoms with Gasteiger partial charge in [-0.3, -0.25) is 4.79 Å². The van der Waals surface area contributed by atoms with Crippen molar-refractivity contribution in [2.45, 2.75) is 76.5 Å². The summed E-state index contributed by atoms with van der Waals surface area (Å²) in [7, 11) is 0. The smallest absolute Gasteiger partial charge is 0.416 e. The van der Waals surface area contributed by atoms with Crippen LogP contribution in [0.2, 0.25) is 0 Å². The average molecular weight is 501 g/mol. The van der Waals surface area contributed by atoms with Gasteiger partial charge in [0, 0.05) is 18.8 Å². The molecule has 1 aromatic rings. The first-order valence-electron chi connectivity index (χ1n) is 11.8. The lowest BCUT2D eigenvalue weighted by atomic mass is 9.89. The molecule has 0 unspecified atom stereocenters. The van der Waals surface area contributed by atoms with Gasteiger partial charge in [-0.1, -0.05) is 30.4 Å². The third-order valence-corrected chi connectivity index (χ3v) is 5.75. The minimum absolute atomic E-state index is 0.0101. The molecule has 1 saturated carbocycles.